The first-order valence-electron chi connectivity index (χ1n) is 12.4. The molecule has 0 saturated heterocycles. The molecule has 0 N–H and O–H groups in total. The molecule has 0 heterocycles. The number of aliphatic imine (C=N–C) groups is 1. The maximum Gasteiger partial charge on any atom is 0.0655 e. The van der Waals surface area contributed by atoms with Gasteiger partial charge in [-0.15, -0.1) is 5.75 Å². The molecule has 0 amide bonds. The Kier molecular flexibility index (Phi) is 9.23. The van der Waals surface area contributed by atoms with Crippen LogP contribution < -0.4 is 10.2 Å². The summed E-state index contributed by atoms with van der Waals surface area (Å²) < 4.78 is 1.77. The van der Waals surface area contributed by atoms with Crippen LogP contribution in [-0.4, -0.2) is 30.2 Å². The zero-order valence-corrected chi connectivity index (χ0v) is 26.4. The van der Waals surface area contributed by atoms with Crippen LogP contribution in [0.4, 0.5) is 0 Å². The van der Waals surface area contributed by atoms with Gasteiger partial charge in [-0.05, 0) is 110 Å². The predicted molar refractivity (Wildman–Crippen MR) is 160 cm³/mol. The molecular formula is C29H38I2N2O2-2. The Balaban J connectivity index is 1.90. The van der Waals surface area contributed by atoms with Gasteiger partial charge in [0.15, 0.2) is 0 Å². The zero-order chi connectivity index (χ0) is 26.1. The van der Waals surface area contributed by atoms with Crippen LogP contribution >= 0.6 is 45.2 Å². The maximum absolute atomic E-state index is 13.5. The third-order valence-corrected chi connectivity index (χ3v) is 8.39. The molecule has 192 valence electrons. The van der Waals surface area contributed by atoms with Crippen molar-refractivity contribution in [3.63, 3.8) is 0 Å². The van der Waals surface area contributed by atoms with E-state index >= 15 is 0 Å². The minimum atomic E-state index is -0.204. The van der Waals surface area contributed by atoms with E-state index in [9.17, 15) is 10.2 Å². The van der Waals surface area contributed by atoms with Crippen LogP contribution in [-0.2, 0) is 17.4 Å². The van der Waals surface area contributed by atoms with Crippen LogP contribution in [0.3, 0.4) is 0 Å². The minimum absolute atomic E-state index is 0.0283. The summed E-state index contributed by atoms with van der Waals surface area (Å²) in [4.78, 5) is 7.24. The Morgan fingerprint density at radius 3 is 2.23 bits per heavy atom. The molecule has 35 heavy (non-hydrogen) atoms. The standard InChI is InChI=1S/C29H40I2N2O2/c1-28(2,3)20-12-19(26(34)22(14-20)29(4,5)6)17-33(7)25-11-9-8-10-24(25)32-16-18-13-21(30)15-23(31)27(18)35/h12-16,24-25,34-35H,8-11,17H2,1-7H3/p-2/t24-,25-/m0/s1. The third-order valence-electron chi connectivity index (χ3n) is 6.96. The fourth-order valence-corrected chi connectivity index (χ4v) is 6.70. The zero-order valence-electron chi connectivity index (χ0n) is 22.0. The molecule has 0 bridgehead atoms. The Hall–Kier alpha value is -0.870. The largest absolute Gasteiger partial charge is 0.872 e. The van der Waals surface area contributed by atoms with Crippen molar-refractivity contribution < 1.29 is 10.2 Å². The van der Waals surface area contributed by atoms with Gasteiger partial charge in [0, 0.05) is 25.9 Å². The Morgan fingerprint density at radius 1 is 0.943 bits per heavy atom. The van der Waals surface area contributed by atoms with Crippen molar-refractivity contribution >= 4 is 51.4 Å². The molecule has 1 aliphatic carbocycles. The van der Waals surface area contributed by atoms with Crippen LogP contribution in [0.2, 0.25) is 0 Å². The van der Waals surface area contributed by atoms with E-state index in [1.807, 2.05) is 12.1 Å². The summed E-state index contributed by atoms with van der Waals surface area (Å²) in [5.41, 5.74) is 3.39. The van der Waals surface area contributed by atoms with Crippen molar-refractivity contribution in [2.75, 3.05) is 7.05 Å². The van der Waals surface area contributed by atoms with Crippen molar-refractivity contribution in [2.24, 2.45) is 4.99 Å². The summed E-state index contributed by atoms with van der Waals surface area (Å²) in [7, 11) is 2.12. The molecular weight excluding hydrogens is 662 g/mol. The van der Waals surface area contributed by atoms with Gasteiger partial charge in [0.2, 0.25) is 0 Å². The number of halogens is 2. The fourth-order valence-electron chi connectivity index (χ4n) is 4.81. The number of likely N-dealkylation sites (N-methyl/N-ethyl adjacent to an activating group) is 1. The second-order valence-corrected chi connectivity index (χ2v) is 14.3. The summed E-state index contributed by atoms with van der Waals surface area (Å²) in [6.07, 6.45) is 6.13. The van der Waals surface area contributed by atoms with Gasteiger partial charge in [-0.3, -0.25) is 9.89 Å². The highest BCUT2D eigenvalue weighted by atomic mass is 127. The van der Waals surface area contributed by atoms with Crippen molar-refractivity contribution in [3.8, 4) is 11.5 Å². The molecule has 0 unspecified atom stereocenters. The van der Waals surface area contributed by atoms with Crippen LogP contribution in [0.5, 0.6) is 11.5 Å². The molecule has 1 aliphatic rings. The maximum atomic E-state index is 13.5. The molecule has 6 heteroatoms. The van der Waals surface area contributed by atoms with Gasteiger partial charge < -0.3 is 10.2 Å². The van der Waals surface area contributed by atoms with E-state index in [-0.39, 0.29) is 34.4 Å². The number of rotatable bonds is 5. The Bertz CT molecular complexity index is 1080. The smallest absolute Gasteiger partial charge is 0.0655 e. The molecule has 0 aromatic heterocycles. The number of nitrogens with zero attached hydrogens (tertiary/aromatic N) is 2. The predicted octanol–water partition coefficient (Wildman–Crippen LogP) is 6.50. The highest BCUT2D eigenvalue weighted by Gasteiger charge is 2.29. The molecule has 2 aromatic rings. The minimum Gasteiger partial charge on any atom is -0.872 e. The van der Waals surface area contributed by atoms with Crippen LogP contribution in [0.1, 0.15) is 89.5 Å². The molecule has 0 spiro atoms. The fraction of sp³-hybridized carbons (Fsp3) is 0.552. The molecule has 1 fully saturated rings. The van der Waals surface area contributed by atoms with Crippen molar-refractivity contribution in [3.05, 3.63) is 53.7 Å². The second-order valence-electron chi connectivity index (χ2n) is 11.9. The summed E-state index contributed by atoms with van der Waals surface area (Å²) in [5.74, 6) is 0.206. The molecule has 0 aliphatic heterocycles. The molecule has 3 rings (SSSR count). The first kappa shape index (κ1) is 28.7. The van der Waals surface area contributed by atoms with Gasteiger partial charge in [0.1, 0.15) is 0 Å². The lowest BCUT2D eigenvalue weighted by Crippen LogP contribution is -2.42. The monoisotopic (exact) mass is 700 g/mol. The highest BCUT2D eigenvalue weighted by Crippen LogP contribution is 2.37. The average Bonchev–Trinajstić information content (AvgIpc) is 2.75. The van der Waals surface area contributed by atoms with Crippen molar-refractivity contribution in [1.29, 1.82) is 0 Å². The molecule has 2 aromatic carbocycles. The van der Waals surface area contributed by atoms with Gasteiger partial charge in [0.25, 0.3) is 0 Å². The molecule has 0 radical (unpaired) electrons. The van der Waals surface area contributed by atoms with Crippen molar-refractivity contribution in [1.82, 2.24) is 4.90 Å². The van der Waals surface area contributed by atoms with Gasteiger partial charge >= 0.3 is 0 Å². The van der Waals surface area contributed by atoms with Crippen molar-refractivity contribution in [2.45, 2.75) is 96.7 Å². The first-order valence-corrected chi connectivity index (χ1v) is 14.6. The van der Waals surface area contributed by atoms with E-state index in [1.54, 1.807) is 6.21 Å². The Morgan fingerprint density at radius 2 is 1.60 bits per heavy atom. The molecule has 4 nitrogen and oxygen atoms in total. The van der Waals surface area contributed by atoms with E-state index in [2.05, 4.69) is 111 Å². The SMILES string of the molecule is CN(Cc1cc(C(C)(C)C)cc(C(C)(C)C)c1[O-])[C@H]1CCCC[C@@H]1N=Cc1cc(I)cc(I)c1[O-]. The summed E-state index contributed by atoms with van der Waals surface area (Å²) >= 11 is 4.34. The molecule has 2 atom stereocenters. The Labute approximate surface area is 238 Å². The summed E-state index contributed by atoms with van der Waals surface area (Å²) in [6, 6.07) is 8.40. The van der Waals surface area contributed by atoms with Crippen LogP contribution in [0.25, 0.3) is 0 Å². The van der Waals surface area contributed by atoms with Gasteiger partial charge in [0.05, 0.1) is 6.04 Å². The third kappa shape index (κ3) is 7.12. The van der Waals surface area contributed by atoms with E-state index in [1.165, 1.54) is 5.56 Å². The lowest BCUT2D eigenvalue weighted by Gasteiger charge is -2.38. The summed E-state index contributed by atoms with van der Waals surface area (Å²) in [5, 5.41) is 26.1. The van der Waals surface area contributed by atoms with Gasteiger partial charge in [-0.1, -0.05) is 72.3 Å². The van der Waals surface area contributed by atoms with Crippen LogP contribution in [0, 0.1) is 7.14 Å². The van der Waals surface area contributed by atoms with E-state index in [0.717, 1.165) is 44.0 Å². The lowest BCUT2D eigenvalue weighted by molar-refractivity contribution is -0.271. The number of benzene rings is 2. The van der Waals surface area contributed by atoms with E-state index in [4.69, 9.17) is 4.99 Å². The lowest BCUT2D eigenvalue weighted by atomic mass is 9.78. The van der Waals surface area contributed by atoms with Crippen LogP contribution in [0.15, 0.2) is 29.3 Å². The van der Waals surface area contributed by atoms with Gasteiger partial charge in [-0.25, -0.2) is 0 Å². The van der Waals surface area contributed by atoms with E-state index < -0.39 is 0 Å². The topological polar surface area (TPSA) is 61.7 Å². The number of hydrogen-bond donors (Lipinski definition) is 0. The van der Waals surface area contributed by atoms with Gasteiger partial charge in [-0.2, -0.15) is 0 Å². The highest BCUT2D eigenvalue weighted by molar-refractivity contribution is 14.1. The normalized spacial score (nSPS) is 19.6. The number of hydrogen-bond acceptors (Lipinski definition) is 4. The first-order chi connectivity index (χ1) is 16.2. The summed E-state index contributed by atoms with van der Waals surface area (Å²) in [6.45, 7) is 13.6. The van der Waals surface area contributed by atoms with E-state index in [0.29, 0.717) is 12.1 Å². The average molecular weight is 700 g/mol. The second kappa shape index (κ2) is 11.3. The molecule has 1 saturated carbocycles. The quantitative estimate of drug-likeness (QED) is 0.265.